The van der Waals surface area contributed by atoms with Crippen molar-refractivity contribution in [1.82, 2.24) is 10.2 Å². The number of hydrogen-bond acceptors (Lipinski definition) is 6. The van der Waals surface area contributed by atoms with Gasteiger partial charge in [0.05, 0.1) is 11.1 Å². The first-order chi connectivity index (χ1) is 12.1. The third-order valence-corrected chi connectivity index (χ3v) is 6.09. The van der Waals surface area contributed by atoms with E-state index in [1.807, 2.05) is 6.07 Å². The summed E-state index contributed by atoms with van der Waals surface area (Å²) in [6.45, 7) is 4.73. The van der Waals surface area contributed by atoms with Crippen LogP contribution in [0.3, 0.4) is 0 Å². The number of benzene rings is 1. The van der Waals surface area contributed by atoms with Gasteiger partial charge in [-0.25, -0.2) is 0 Å². The first-order valence-electron chi connectivity index (χ1n) is 8.29. The topological polar surface area (TPSA) is 64.1 Å². The zero-order valence-electron chi connectivity index (χ0n) is 14.4. The minimum atomic E-state index is -0.0628. The lowest BCUT2D eigenvalue weighted by Crippen LogP contribution is -2.12. The number of nitrogens with one attached hydrogen (secondary N) is 1. The normalized spacial score (nSPS) is 10.7. The number of amides is 1. The fraction of sp³-hybridized carbons (Fsp3) is 0.471. The van der Waals surface area contributed by atoms with Gasteiger partial charge < -0.3 is 10.1 Å². The van der Waals surface area contributed by atoms with Crippen LogP contribution in [-0.2, 0) is 11.2 Å². The number of hydrogen-bond donors (Lipinski definition) is 1. The van der Waals surface area contributed by atoms with E-state index in [2.05, 4.69) is 57.4 Å². The number of aromatic nitrogens is 2. The minimum absolute atomic E-state index is 0.0628. The van der Waals surface area contributed by atoms with Crippen LogP contribution >= 0.6 is 39.0 Å². The summed E-state index contributed by atoms with van der Waals surface area (Å²) in [7, 11) is 0. The second-order valence-corrected chi connectivity index (χ2v) is 8.51. The van der Waals surface area contributed by atoms with E-state index in [-0.39, 0.29) is 5.91 Å². The fourth-order valence-electron chi connectivity index (χ4n) is 1.99. The number of halogens is 1. The van der Waals surface area contributed by atoms with Crippen molar-refractivity contribution in [3.05, 3.63) is 28.2 Å². The van der Waals surface area contributed by atoms with Crippen molar-refractivity contribution >= 4 is 50.1 Å². The molecule has 0 atom stereocenters. The van der Waals surface area contributed by atoms with Crippen molar-refractivity contribution in [2.75, 3.05) is 17.7 Å². The van der Waals surface area contributed by atoms with Gasteiger partial charge in [0.25, 0.3) is 0 Å². The molecule has 1 aromatic heterocycles. The molecule has 0 spiro atoms. The molecule has 0 aliphatic carbocycles. The van der Waals surface area contributed by atoms with E-state index >= 15 is 0 Å². The Hall–Kier alpha value is -1.12. The number of rotatable bonds is 10. The number of nitrogens with zero attached hydrogens (tertiary/aromatic N) is 2. The SMILES string of the molecule is CCCSc1nnc(NC(=O)CCCOc2ccc(CC)cc2Br)s1. The first kappa shape index (κ1) is 20.2. The van der Waals surface area contributed by atoms with E-state index in [0.29, 0.717) is 24.6 Å². The molecule has 1 amide bonds. The van der Waals surface area contributed by atoms with Crippen LogP contribution < -0.4 is 10.1 Å². The summed E-state index contributed by atoms with van der Waals surface area (Å²) in [6, 6.07) is 6.07. The van der Waals surface area contributed by atoms with E-state index in [1.165, 1.54) is 16.9 Å². The summed E-state index contributed by atoms with van der Waals surface area (Å²) in [5.41, 5.74) is 1.26. The summed E-state index contributed by atoms with van der Waals surface area (Å²) >= 11 is 6.59. The lowest BCUT2D eigenvalue weighted by molar-refractivity contribution is -0.116. The Balaban J connectivity index is 1.69. The zero-order valence-corrected chi connectivity index (χ0v) is 17.6. The molecule has 0 aliphatic rings. The molecule has 0 saturated carbocycles. The Morgan fingerprint density at radius 1 is 1.36 bits per heavy atom. The molecule has 25 heavy (non-hydrogen) atoms. The zero-order chi connectivity index (χ0) is 18.1. The molecule has 0 radical (unpaired) electrons. The lowest BCUT2D eigenvalue weighted by Gasteiger charge is -2.09. The van der Waals surface area contributed by atoms with E-state index in [4.69, 9.17) is 4.74 Å². The van der Waals surface area contributed by atoms with Gasteiger partial charge in [-0.1, -0.05) is 43.0 Å². The highest BCUT2D eigenvalue weighted by molar-refractivity contribution is 9.10. The van der Waals surface area contributed by atoms with Crippen LogP contribution in [0.25, 0.3) is 0 Å². The maximum absolute atomic E-state index is 12.0. The van der Waals surface area contributed by atoms with Crippen LogP contribution in [0.4, 0.5) is 5.13 Å². The summed E-state index contributed by atoms with van der Waals surface area (Å²) in [5, 5.41) is 11.4. The minimum Gasteiger partial charge on any atom is -0.492 e. The molecule has 0 fully saturated rings. The molecule has 0 aliphatic heterocycles. The number of anilines is 1. The molecule has 0 unspecified atom stereocenters. The average Bonchev–Trinajstić information content (AvgIpc) is 3.05. The molecule has 0 bridgehead atoms. The summed E-state index contributed by atoms with van der Waals surface area (Å²) in [6.07, 6.45) is 3.11. The molecule has 1 N–H and O–H groups in total. The quantitative estimate of drug-likeness (QED) is 0.312. The van der Waals surface area contributed by atoms with Crippen LogP contribution in [0, 0.1) is 0 Å². The highest BCUT2D eigenvalue weighted by Gasteiger charge is 2.09. The van der Waals surface area contributed by atoms with Gasteiger partial charge in [0, 0.05) is 12.2 Å². The summed E-state index contributed by atoms with van der Waals surface area (Å²) in [4.78, 5) is 12.0. The summed E-state index contributed by atoms with van der Waals surface area (Å²) < 4.78 is 7.57. The first-order valence-corrected chi connectivity index (χ1v) is 10.9. The van der Waals surface area contributed by atoms with Gasteiger partial charge in [-0.15, -0.1) is 10.2 Å². The Kier molecular flexibility index (Phi) is 8.71. The predicted molar refractivity (Wildman–Crippen MR) is 108 cm³/mol. The maximum atomic E-state index is 12.0. The number of carbonyl (C=O) groups is 1. The maximum Gasteiger partial charge on any atom is 0.226 e. The van der Waals surface area contributed by atoms with Crippen LogP contribution in [0.5, 0.6) is 5.75 Å². The fourth-order valence-corrected chi connectivity index (χ4v) is 4.22. The van der Waals surface area contributed by atoms with Gasteiger partial charge in [0.1, 0.15) is 5.75 Å². The molecular weight excluding hydrogens is 422 g/mol. The number of thioether (sulfide) groups is 1. The lowest BCUT2D eigenvalue weighted by atomic mass is 10.2. The molecule has 1 heterocycles. The van der Waals surface area contributed by atoms with Crippen LogP contribution in [-0.4, -0.2) is 28.5 Å². The van der Waals surface area contributed by atoms with Gasteiger partial charge in [0.2, 0.25) is 11.0 Å². The Labute approximate surface area is 165 Å². The molecular formula is C17H22BrN3O2S2. The van der Waals surface area contributed by atoms with Crippen molar-refractivity contribution in [3.8, 4) is 5.75 Å². The number of aryl methyl sites for hydroxylation is 1. The third-order valence-electron chi connectivity index (χ3n) is 3.29. The Bertz CT molecular complexity index is 694. The second kappa shape index (κ2) is 10.8. The van der Waals surface area contributed by atoms with Gasteiger partial charge in [-0.2, -0.15) is 0 Å². The smallest absolute Gasteiger partial charge is 0.226 e. The Morgan fingerprint density at radius 3 is 2.92 bits per heavy atom. The van der Waals surface area contributed by atoms with Gasteiger partial charge in [0.15, 0.2) is 4.34 Å². The van der Waals surface area contributed by atoms with Crippen LogP contribution in [0.1, 0.15) is 38.7 Å². The second-order valence-electron chi connectivity index (χ2n) is 5.34. The number of carbonyl (C=O) groups excluding carboxylic acids is 1. The molecule has 2 aromatic rings. The van der Waals surface area contributed by atoms with Gasteiger partial charge >= 0.3 is 0 Å². The third kappa shape index (κ3) is 6.95. The van der Waals surface area contributed by atoms with E-state index in [0.717, 1.165) is 33.2 Å². The molecule has 5 nitrogen and oxygen atoms in total. The van der Waals surface area contributed by atoms with Gasteiger partial charge in [-0.05, 0) is 52.9 Å². The summed E-state index contributed by atoms with van der Waals surface area (Å²) in [5.74, 6) is 1.75. The van der Waals surface area contributed by atoms with Crippen molar-refractivity contribution in [2.45, 2.75) is 43.9 Å². The highest BCUT2D eigenvalue weighted by atomic mass is 79.9. The molecule has 8 heteroatoms. The largest absolute Gasteiger partial charge is 0.492 e. The van der Waals surface area contributed by atoms with Crippen molar-refractivity contribution < 1.29 is 9.53 Å². The van der Waals surface area contributed by atoms with E-state index in [1.54, 1.807) is 11.8 Å². The van der Waals surface area contributed by atoms with E-state index in [9.17, 15) is 4.79 Å². The standard InChI is InChI=1S/C17H22BrN3O2S2/c1-3-10-24-17-21-20-16(25-17)19-15(22)6-5-9-23-14-8-7-12(4-2)11-13(14)18/h7-8,11H,3-6,9-10H2,1-2H3,(H,19,20,22). The van der Waals surface area contributed by atoms with E-state index < -0.39 is 0 Å². The molecule has 136 valence electrons. The molecule has 2 rings (SSSR count). The van der Waals surface area contributed by atoms with Crippen molar-refractivity contribution in [2.24, 2.45) is 0 Å². The van der Waals surface area contributed by atoms with Crippen LogP contribution in [0.2, 0.25) is 0 Å². The van der Waals surface area contributed by atoms with Crippen LogP contribution in [0.15, 0.2) is 27.0 Å². The Morgan fingerprint density at radius 2 is 2.20 bits per heavy atom. The van der Waals surface area contributed by atoms with Crippen molar-refractivity contribution in [1.29, 1.82) is 0 Å². The van der Waals surface area contributed by atoms with Crippen molar-refractivity contribution in [3.63, 3.8) is 0 Å². The number of ether oxygens (including phenoxy) is 1. The molecule has 0 saturated heterocycles. The molecule has 1 aromatic carbocycles. The monoisotopic (exact) mass is 443 g/mol. The predicted octanol–water partition coefficient (Wildman–Crippen LogP) is 5.16. The average molecular weight is 444 g/mol. The van der Waals surface area contributed by atoms with Gasteiger partial charge in [-0.3, -0.25) is 4.79 Å². The highest BCUT2D eigenvalue weighted by Crippen LogP contribution is 2.27.